The number of aromatic nitrogens is 2. The fourth-order valence-corrected chi connectivity index (χ4v) is 4.04. The number of imidazole rings is 1. The van der Waals surface area contributed by atoms with E-state index in [0.29, 0.717) is 13.1 Å². The molecule has 1 unspecified atom stereocenters. The molecule has 1 fully saturated rings. The molecule has 4 rings (SSSR count). The summed E-state index contributed by atoms with van der Waals surface area (Å²) >= 11 is 0. The summed E-state index contributed by atoms with van der Waals surface area (Å²) in [5, 5.41) is 3.09. The van der Waals surface area contributed by atoms with Crippen molar-refractivity contribution in [1.29, 1.82) is 0 Å². The Morgan fingerprint density at radius 1 is 1.21 bits per heavy atom. The Bertz CT molecular complexity index is 964. The van der Waals surface area contributed by atoms with Crippen LogP contribution in [0.5, 0.6) is 5.75 Å². The van der Waals surface area contributed by atoms with Crippen molar-refractivity contribution in [3.05, 3.63) is 59.9 Å². The van der Waals surface area contributed by atoms with Gasteiger partial charge in [0.05, 0.1) is 24.2 Å². The van der Waals surface area contributed by atoms with Crippen molar-refractivity contribution in [2.45, 2.75) is 32.4 Å². The molecule has 2 amide bonds. The second kappa shape index (κ2) is 7.92. The van der Waals surface area contributed by atoms with E-state index in [2.05, 4.69) is 33.1 Å². The van der Waals surface area contributed by atoms with Gasteiger partial charge in [0.15, 0.2) is 0 Å². The van der Waals surface area contributed by atoms with E-state index in [1.54, 1.807) is 7.11 Å². The van der Waals surface area contributed by atoms with Crippen LogP contribution in [0.4, 0.5) is 4.79 Å². The number of hydrogen-bond donors (Lipinski definition) is 1. The number of likely N-dealkylation sites (tertiary alicyclic amines) is 1. The average Bonchev–Trinajstić information content (AvgIpc) is 3.33. The number of carbonyl (C=O) groups excluding carboxylic acids is 1. The number of ether oxygens (including phenoxy) is 1. The zero-order chi connectivity index (χ0) is 19.5. The molecule has 0 radical (unpaired) electrons. The van der Waals surface area contributed by atoms with E-state index in [0.717, 1.165) is 47.6 Å². The van der Waals surface area contributed by atoms with E-state index in [4.69, 9.17) is 4.74 Å². The zero-order valence-electron chi connectivity index (χ0n) is 16.4. The number of nitrogens with one attached hydrogen (secondary N) is 1. The van der Waals surface area contributed by atoms with Crippen LogP contribution < -0.4 is 10.1 Å². The first-order valence-corrected chi connectivity index (χ1v) is 9.77. The fraction of sp³-hybridized carbons (Fsp3) is 0.364. The van der Waals surface area contributed by atoms with Gasteiger partial charge in [0.2, 0.25) is 0 Å². The van der Waals surface area contributed by atoms with Crippen LogP contribution in [0.3, 0.4) is 0 Å². The van der Waals surface area contributed by atoms with Crippen LogP contribution in [0.25, 0.3) is 11.0 Å². The van der Waals surface area contributed by atoms with Crippen molar-refractivity contribution >= 4 is 17.1 Å². The molecule has 28 heavy (non-hydrogen) atoms. The molecule has 1 N–H and O–H groups in total. The number of rotatable bonds is 5. The first kappa shape index (κ1) is 18.3. The number of para-hydroxylation sites is 2. The van der Waals surface area contributed by atoms with Crippen LogP contribution in [-0.4, -0.2) is 40.7 Å². The van der Waals surface area contributed by atoms with Crippen molar-refractivity contribution in [3.63, 3.8) is 0 Å². The van der Waals surface area contributed by atoms with Gasteiger partial charge in [0.25, 0.3) is 0 Å². The lowest BCUT2D eigenvalue weighted by Gasteiger charge is -2.25. The normalized spacial score (nSPS) is 16.5. The van der Waals surface area contributed by atoms with E-state index in [-0.39, 0.29) is 12.1 Å². The molecule has 6 nitrogen and oxygen atoms in total. The second-order valence-electron chi connectivity index (χ2n) is 7.16. The summed E-state index contributed by atoms with van der Waals surface area (Å²) in [5.74, 6) is 1.80. The number of fused-ring (bicyclic) bond motifs is 1. The van der Waals surface area contributed by atoms with Gasteiger partial charge in [-0.15, -0.1) is 0 Å². The molecule has 0 bridgehead atoms. The summed E-state index contributed by atoms with van der Waals surface area (Å²) in [5.41, 5.74) is 3.25. The number of carbonyl (C=O) groups is 1. The predicted octanol–water partition coefficient (Wildman–Crippen LogP) is 3.90. The summed E-state index contributed by atoms with van der Waals surface area (Å²) in [6.45, 7) is 4.07. The highest BCUT2D eigenvalue weighted by Crippen LogP contribution is 2.32. The first-order chi connectivity index (χ1) is 13.7. The first-order valence-electron chi connectivity index (χ1n) is 9.77. The lowest BCUT2D eigenvalue weighted by Crippen LogP contribution is -2.40. The van der Waals surface area contributed by atoms with Crippen LogP contribution >= 0.6 is 0 Å². The largest absolute Gasteiger partial charge is 0.497 e. The molecule has 1 saturated heterocycles. The number of urea groups is 1. The van der Waals surface area contributed by atoms with Gasteiger partial charge in [0, 0.05) is 19.6 Å². The van der Waals surface area contributed by atoms with Gasteiger partial charge in [-0.3, -0.25) is 0 Å². The Morgan fingerprint density at radius 3 is 2.79 bits per heavy atom. The van der Waals surface area contributed by atoms with Gasteiger partial charge >= 0.3 is 6.03 Å². The molecule has 1 atom stereocenters. The van der Waals surface area contributed by atoms with E-state index >= 15 is 0 Å². The summed E-state index contributed by atoms with van der Waals surface area (Å²) in [4.78, 5) is 19.3. The van der Waals surface area contributed by atoms with Crippen LogP contribution in [0, 0.1) is 6.92 Å². The summed E-state index contributed by atoms with van der Waals surface area (Å²) in [7, 11) is 1.66. The standard InChI is InChI=1S/C22H26N4O2/c1-16-24-19-6-3-4-7-21(19)25(16)15-13-23-22(27)26-14-5-8-20(26)17-9-11-18(28-2)12-10-17/h3-4,6-7,9-12,20H,5,8,13-15H2,1-2H3,(H,23,27). The van der Waals surface area contributed by atoms with Gasteiger partial charge in [0.1, 0.15) is 11.6 Å². The number of hydrogen-bond acceptors (Lipinski definition) is 3. The number of nitrogens with zero attached hydrogens (tertiary/aromatic N) is 3. The number of aryl methyl sites for hydroxylation is 1. The monoisotopic (exact) mass is 378 g/mol. The Kier molecular flexibility index (Phi) is 5.19. The Hall–Kier alpha value is -3.02. The van der Waals surface area contributed by atoms with Gasteiger partial charge in [-0.1, -0.05) is 24.3 Å². The maximum atomic E-state index is 12.8. The molecule has 0 saturated carbocycles. The third-order valence-corrected chi connectivity index (χ3v) is 5.47. The molecule has 1 aliphatic heterocycles. The van der Waals surface area contributed by atoms with Crippen molar-refractivity contribution in [2.24, 2.45) is 0 Å². The maximum Gasteiger partial charge on any atom is 0.317 e. The third kappa shape index (κ3) is 3.54. The highest BCUT2D eigenvalue weighted by molar-refractivity contribution is 5.76. The molecule has 0 aliphatic carbocycles. The van der Waals surface area contributed by atoms with Crippen LogP contribution in [0.15, 0.2) is 48.5 Å². The van der Waals surface area contributed by atoms with E-state index < -0.39 is 0 Å². The quantitative estimate of drug-likeness (QED) is 0.732. The average molecular weight is 378 g/mol. The topological polar surface area (TPSA) is 59.4 Å². The van der Waals surface area contributed by atoms with Crippen molar-refractivity contribution in [3.8, 4) is 5.75 Å². The smallest absolute Gasteiger partial charge is 0.317 e. The Balaban J connectivity index is 1.39. The summed E-state index contributed by atoms with van der Waals surface area (Å²) in [6.07, 6.45) is 2.01. The Labute approximate surface area is 165 Å². The maximum absolute atomic E-state index is 12.8. The van der Waals surface area contributed by atoms with Gasteiger partial charge in [-0.25, -0.2) is 9.78 Å². The molecular formula is C22H26N4O2. The molecule has 3 aromatic rings. The molecule has 0 spiro atoms. The van der Waals surface area contributed by atoms with Crippen molar-refractivity contribution < 1.29 is 9.53 Å². The highest BCUT2D eigenvalue weighted by atomic mass is 16.5. The number of methoxy groups -OCH3 is 1. The fourth-order valence-electron chi connectivity index (χ4n) is 4.04. The predicted molar refractivity (Wildman–Crippen MR) is 110 cm³/mol. The molecule has 1 aromatic heterocycles. The lowest BCUT2D eigenvalue weighted by molar-refractivity contribution is 0.192. The van der Waals surface area contributed by atoms with Crippen molar-refractivity contribution in [1.82, 2.24) is 19.8 Å². The van der Waals surface area contributed by atoms with Crippen molar-refractivity contribution in [2.75, 3.05) is 20.2 Å². The molecule has 2 aromatic carbocycles. The number of amides is 2. The molecule has 1 aliphatic rings. The molecule has 6 heteroatoms. The molecular weight excluding hydrogens is 352 g/mol. The second-order valence-corrected chi connectivity index (χ2v) is 7.16. The minimum Gasteiger partial charge on any atom is -0.497 e. The van der Waals surface area contributed by atoms with E-state index in [1.165, 1.54) is 0 Å². The minimum absolute atomic E-state index is 0.000363. The van der Waals surface area contributed by atoms with Crippen LogP contribution in [-0.2, 0) is 6.54 Å². The Morgan fingerprint density at radius 2 is 2.00 bits per heavy atom. The number of benzene rings is 2. The zero-order valence-corrected chi connectivity index (χ0v) is 16.4. The summed E-state index contributed by atoms with van der Waals surface area (Å²) < 4.78 is 7.39. The highest BCUT2D eigenvalue weighted by Gasteiger charge is 2.29. The van der Waals surface area contributed by atoms with Crippen LogP contribution in [0.1, 0.15) is 30.3 Å². The minimum atomic E-state index is 0.000363. The molecule has 146 valence electrons. The van der Waals surface area contributed by atoms with E-state index in [9.17, 15) is 4.79 Å². The van der Waals surface area contributed by atoms with Gasteiger partial charge in [-0.2, -0.15) is 0 Å². The summed E-state index contributed by atoms with van der Waals surface area (Å²) in [6, 6.07) is 16.2. The van der Waals surface area contributed by atoms with E-state index in [1.807, 2.05) is 42.2 Å². The third-order valence-electron chi connectivity index (χ3n) is 5.47. The van der Waals surface area contributed by atoms with Gasteiger partial charge in [-0.05, 0) is 49.6 Å². The molecule has 2 heterocycles. The SMILES string of the molecule is COc1ccc(C2CCCN2C(=O)NCCn2c(C)nc3ccccc32)cc1. The lowest BCUT2D eigenvalue weighted by atomic mass is 10.0. The van der Waals surface area contributed by atoms with Gasteiger partial charge < -0.3 is 19.5 Å². The van der Waals surface area contributed by atoms with Crippen LogP contribution in [0.2, 0.25) is 0 Å².